The van der Waals surface area contributed by atoms with Gasteiger partial charge in [0.05, 0.1) is 0 Å². The third-order valence-electron chi connectivity index (χ3n) is 2.32. The van der Waals surface area contributed by atoms with E-state index in [0.29, 0.717) is 18.2 Å². The number of anilines is 1. The first-order valence-electron chi connectivity index (χ1n) is 5.95. The van der Waals surface area contributed by atoms with Gasteiger partial charge in [-0.15, -0.1) is 0 Å². The van der Waals surface area contributed by atoms with Gasteiger partial charge in [-0.3, -0.25) is 0 Å². The van der Waals surface area contributed by atoms with Gasteiger partial charge >= 0.3 is 12.6 Å². The number of alkyl halides is 2. The highest BCUT2D eigenvalue weighted by molar-refractivity contribution is 5.89. The second-order valence-corrected chi connectivity index (χ2v) is 4.61. The summed E-state index contributed by atoms with van der Waals surface area (Å²) in [6.07, 6.45) is 0. The Bertz CT molecular complexity index is 408. The fraction of sp³-hybridized carbons (Fsp3) is 0.462. The maximum Gasteiger partial charge on any atom is 0.387 e. The van der Waals surface area contributed by atoms with Crippen LogP contribution in [0.4, 0.5) is 19.3 Å². The molecule has 106 valence electrons. The Labute approximate surface area is 111 Å². The summed E-state index contributed by atoms with van der Waals surface area (Å²) >= 11 is 0. The molecule has 0 aromatic heterocycles. The molecule has 0 saturated carbocycles. The Hall–Kier alpha value is -1.85. The number of carbonyl (C=O) groups excluding carboxylic acids is 1. The molecule has 0 aliphatic rings. The summed E-state index contributed by atoms with van der Waals surface area (Å²) in [4.78, 5) is 13.3. The van der Waals surface area contributed by atoms with Crippen LogP contribution in [0.1, 0.15) is 13.8 Å². The van der Waals surface area contributed by atoms with Crippen molar-refractivity contribution < 1.29 is 18.3 Å². The monoisotopic (exact) mass is 272 g/mol. The average molecular weight is 272 g/mol. The van der Waals surface area contributed by atoms with Gasteiger partial charge in [0.1, 0.15) is 5.75 Å². The fourth-order valence-electron chi connectivity index (χ4n) is 1.57. The van der Waals surface area contributed by atoms with Crippen LogP contribution >= 0.6 is 0 Å². The van der Waals surface area contributed by atoms with Gasteiger partial charge in [-0.2, -0.15) is 8.78 Å². The van der Waals surface area contributed by atoms with Gasteiger partial charge in [0.2, 0.25) is 0 Å². The Kier molecular flexibility index (Phi) is 5.54. The van der Waals surface area contributed by atoms with Crippen molar-refractivity contribution >= 4 is 11.7 Å². The fourth-order valence-corrected chi connectivity index (χ4v) is 1.57. The van der Waals surface area contributed by atoms with E-state index in [1.807, 2.05) is 13.8 Å². The van der Waals surface area contributed by atoms with Crippen LogP contribution in [0.5, 0.6) is 5.75 Å². The molecule has 4 nitrogen and oxygen atoms in total. The normalized spacial score (nSPS) is 10.7. The Balaban J connectivity index is 2.55. The maximum absolute atomic E-state index is 12.0. The lowest BCUT2D eigenvalue weighted by Gasteiger charge is -2.20. The molecule has 0 fully saturated rings. The molecule has 19 heavy (non-hydrogen) atoms. The molecule has 1 aromatic carbocycles. The van der Waals surface area contributed by atoms with Crippen molar-refractivity contribution in [3.8, 4) is 5.75 Å². The zero-order valence-electron chi connectivity index (χ0n) is 11.2. The van der Waals surface area contributed by atoms with Crippen molar-refractivity contribution in [3.05, 3.63) is 24.3 Å². The molecule has 0 spiro atoms. The Morgan fingerprint density at radius 1 is 1.32 bits per heavy atom. The molecule has 0 radical (unpaired) electrons. The summed E-state index contributed by atoms with van der Waals surface area (Å²) in [7, 11) is 1.70. The summed E-state index contributed by atoms with van der Waals surface area (Å²) in [5.74, 6) is 0.432. The van der Waals surface area contributed by atoms with Crippen LogP contribution in [0.2, 0.25) is 0 Å². The lowest BCUT2D eigenvalue weighted by Crippen LogP contribution is -2.34. The number of urea groups is 1. The third-order valence-corrected chi connectivity index (χ3v) is 2.32. The van der Waals surface area contributed by atoms with Gasteiger partial charge in [0.15, 0.2) is 0 Å². The van der Waals surface area contributed by atoms with Crippen LogP contribution in [-0.2, 0) is 0 Å². The number of rotatable bonds is 5. The smallest absolute Gasteiger partial charge is 0.387 e. The van der Waals surface area contributed by atoms with Crippen LogP contribution in [-0.4, -0.2) is 31.1 Å². The van der Waals surface area contributed by atoms with E-state index in [9.17, 15) is 13.6 Å². The molecule has 0 aliphatic heterocycles. The second kappa shape index (κ2) is 6.92. The Morgan fingerprint density at radius 3 is 2.37 bits per heavy atom. The lowest BCUT2D eigenvalue weighted by molar-refractivity contribution is -0.0498. The number of nitrogens with one attached hydrogen (secondary N) is 1. The summed E-state index contributed by atoms with van der Waals surface area (Å²) in [6, 6.07) is 5.54. The summed E-state index contributed by atoms with van der Waals surface area (Å²) in [5, 5.41) is 2.67. The van der Waals surface area contributed by atoms with E-state index in [-0.39, 0.29) is 11.8 Å². The summed E-state index contributed by atoms with van der Waals surface area (Å²) in [6.45, 7) is 1.82. The first kappa shape index (κ1) is 15.2. The summed E-state index contributed by atoms with van der Waals surface area (Å²) in [5.41, 5.74) is 0.530. The molecule has 1 rings (SSSR count). The zero-order chi connectivity index (χ0) is 14.4. The number of nitrogens with zero attached hydrogens (tertiary/aromatic N) is 1. The third kappa shape index (κ3) is 5.54. The van der Waals surface area contributed by atoms with Crippen LogP contribution in [0.15, 0.2) is 24.3 Å². The van der Waals surface area contributed by atoms with Gasteiger partial charge in [0.25, 0.3) is 0 Å². The SMILES string of the molecule is CC(C)CN(C)C(=O)Nc1ccc(OC(F)F)cc1. The number of carbonyl (C=O) groups is 1. The average Bonchev–Trinajstić information content (AvgIpc) is 2.30. The van der Waals surface area contributed by atoms with Crippen LogP contribution in [0, 0.1) is 5.92 Å². The number of hydrogen-bond donors (Lipinski definition) is 1. The highest BCUT2D eigenvalue weighted by atomic mass is 19.3. The first-order valence-corrected chi connectivity index (χ1v) is 5.95. The highest BCUT2D eigenvalue weighted by Gasteiger charge is 2.10. The maximum atomic E-state index is 12.0. The van der Waals surface area contributed by atoms with E-state index in [0.717, 1.165) is 0 Å². The largest absolute Gasteiger partial charge is 0.435 e. The van der Waals surface area contributed by atoms with E-state index >= 15 is 0 Å². The van der Waals surface area contributed by atoms with Crippen molar-refractivity contribution in [1.29, 1.82) is 0 Å². The minimum Gasteiger partial charge on any atom is -0.435 e. The van der Waals surface area contributed by atoms with E-state index in [4.69, 9.17) is 0 Å². The second-order valence-electron chi connectivity index (χ2n) is 4.61. The van der Waals surface area contributed by atoms with E-state index in [2.05, 4.69) is 10.1 Å². The molecule has 1 N–H and O–H groups in total. The quantitative estimate of drug-likeness (QED) is 0.892. The minimum absolute atomic E-state index is 0.0588. The Morgan fingerprint density at radius 2 is 1.89 bits per heavy atom. The molecular weight excluding hydrogens is 254 g/mol. The molecule has 2 amide bonds. The number of halogens is 2. The molecule has 0 bridgehead atoms. The van der Waals surface area contributed by atoms with Crippen molar-refractivity contribution in [2.45, 2.75) is 20.5 Å². The molecular formula is C13H18F2N2O2. The zero-order valence-corrected chi connectivity index (χ0v) is 11.2. The number of hydrogen-bond acceptors (Lipinski definition) is 2. The number of amides is 2. The summed E-state index contributed by atoms with van der Waals surface area (Å²) < 4.78 is 28.1. The van der Waals surface area contributed by atoms with Crippen molar-refractivity contribution in [1.82, 2.24) is 4.90 Å². The molecule has 0 unspecified atom stereocenters. The van der Waals surface area contributed by atoms with E-state index in [1.165, 1.54) is 24.3 Å². The topological polar surface area (TPSA) is 41.6 Å². The van der Waals surface area contributed by atoms with Gasteiger partial charge in [-0.1, -0.05) is 13.8 Å². The van der Waals surface area contributed by atoms with E-state index in [1.54, 1.807) is 11.9 Å². The van der Waals surface area contributed by atoms with Gasteiger partial charge < -0.3 is 15.0 Å². The lowest BCUT2D eigenvalue weighted by atomic mass is 10.2. The number of ether oxygens (including phenoxy) is 1. The van der Waals surface area contributed by atoms with E-state index < -0.39 is 6.61 Å². The van der Waals surface area contributed by atoms with Crippen molar-refractivity contribution in [2.24, 2.45) is 5.92 Å². The number of benzene rings is 1. The van der Waals surface area contributed by atoms with Crippen molar-refractivity contribution in [2.75, 3.05) is 18.9 Å². The minimum atomic E-state index is -2.85. The molecule has 6 heteroatoms. The predicted molar refractivity (Wildman–Crippen MR) is 69.6 cm³/mol. The molecule has 0 aliphatic carbocycles. The van der Waals surface area contributed by atoms with Crippen LogP contribution in [0.25, 0.3) is 0 Å². The first-order chi connectivity index (χ1) is 8.88. The van der Waals surface area contributed by atoms with Gasteiger partial charge in [-0.05, 0) is 30.2 Å². The van der Waals surface area contributed by atoms with Crippen LogP contribution in [0.3, 0.4) is 0 Å². The standard InChI is InChI=1S/C13H18F2N2O2/c1-9(2)8-17(3)13(18)16-10-4-6-11(7-5-10)19-12(14)15/h4-7,9,12H,8H2,1-3H3,(H,16,18). The van der Waals surface area contributed by atoms with Gasteiger partial charge in [-0.25, -0.2) is 4.79 Å². The molecule has 0 atom stereocenters. The van der Waals surface area contributed by atoms with Crippen LogP contribution < -0.4 is 10.1 Å². The molecule has 0 heterocycles. The van der Waals surface area contributed by atoms with Crippen molar-refractivity contribution in [3.63, 3.8) is 0 Å². The molecule has 1 aromatic rings. The molecule has 0 saturated heterocycles. The highest BCUT2D eigenvalue weighted by Crippen LogP contribution is 2.17. The van der Waals surface area contributed by atoms with Gasteiger partial charge in [0, 0.05) is 19.3 Å². The predicted octanol–water partition coefficient (Wildman–Crippen LogP) is 3.41.